The van der Waals surface area contributed by atoms with Crippen molar-refractivity contribution in [1.82, 2.24) is 0 Å². The van der Waals surface area contributed by atoms with Gasteiger partial charge < -0.3 is 10.6 Å². The predicted molar refractivity (Wildman–Crippen MR) is 79.0 cm³/mol. The molecule has 18 heavy (non-hydrogen) atoms. The maximum Gasteiger partial charge on any atom is 0.0414 e. The van der Waals surface area contributed by atoms with Gasteiger partial charge in [-0.1, -0.05) is 31.0 Å². The van der Waals surface area contributed by atoms with E-state index in [0.717, 1.165) is 6.04 Å². The van der Waals surface area contributed by atoms with Gasteiger partial charge in [-0.15, -0.1) is 0 Å². The van der Waals surface area contributed by atoms with Gasteiger partial charge in [-0.3, -0.25) is 0 Å². The van der Waals surface area contributed by atoms with Gasteiger partial charge in [0.15, 0.2) is 0 Å². The highest BCUT2D eigenvalue weighted by Crippen LogP contribution is 2.30. The van der Waals surface area contributed by atoms with Gasteiger partial charge in [0.2, 0.25) is 0 Å². The highest BCUT2D eigenvalue weighted by atomic mass is 15.2. The van der Waals surface area contributed by atoms with E-state index in [9.17, 15) is 0 Å². The molecule has 1 saturated heterocycles. The number of piperidine rings is 1. The molecule has 0 amide bonds. The minimum absolute atomic E-state index is 0.645. The summed E-state index contributed by atoms with van der Waals surface area (Å²) < 4.78 is 0. The van der Waals surface area contributed by atoms with Crippen molar-refractivity contribution in [3.63, 3.8) is 0 Å². The summed E-state index contributed by atoms with van der Waals surface area (Å²) in [5.74, 6) is 0. The lowest BCUT2D eigenvalue weighted by molar-refractivity contribution is 0.434. The van der Waals surface area contributed by atoms with Gasteiger partial charge in [-0.25, -0.2) is 0 Å². The lowest BCUT2D eigenvalue weighted by Crippen LogP contribution is -2.40. The number of hydrogen-bond acceptors (Lipinski definition) is 2. The Hall–Kier alpha value is -1.02. The number of benzene rings is 1. The van der Waals surface area contributed by atoms with Crippen LogP contribution in [0.4, 0.5) is 5.69 Å². The summed E-state index contributed by atoms with van der Waals surface area (Å²) in [6.07, 6.45) is 6.61. The zero-order chi connectivity index (χ0) is 13.0. The van der Waals surface area contributed by atoms with Crippen LogP contribution in [-0.4, -0.2) is 12.6 Å². The van der Waals surface area contributed by atoms with E-state index >= 15 is 0 Å². The molecule has 1 heterocycles. The Morgan fingerprint density at radius 1 is 1.33 bits per heavy atom. The molecule has 100 valence electrons. The van der Waals surface area contributed by atoms with Crippen LogP contribution in [0.3, 0.4) is 0 Å². The minimum atomic E-state index is 0.645. The summed E-state index contributed by atoms with van der Waals surface area (Å²) in [6, 6.07) is 7.45. The van der Waals surface area contributed by atoms with Crippen LogP contribution in [0, 0.1) is 6.92 Å². The second kappa shape index (κ2) is 6.24. The van der Waals surface area contributed by atoms with E-state index in [2.05, 4.69) is 36.9 Å². The van der Waals surface area contributed by atoms with Crippen LogP contribution < -0.4 is 10.6 Å². The lowest BCUT2D eigenvalue weighted by atomic mass is 9.96. The molecule has 1 aromatic carbocycles. The van der Waals surface area contributed by atoms with Crippen LogP contribution in [0.15, 0.2) is 18.2 Å². The predicted octanol–water partition coefficient (Wildman–Crippen LogP) is 3.61. The van der Waals surface area contributed by atoms with E-state index in [4.69, 9.17) is 5.73 Å². The molecule has 1 aliphatic heterocycles. The third kappa shape index (κ3) is 2.86. The fourth-order valence-electron chi connectivity index (χ4n) is 3.11. The quantitative estimate of drug-likeness (QED) is 0.879. The third-order valence-corrected chi connectivity index (χ3v) is 4.01. The number of hydrogen-bond donors (Lipinski definition) is 1. The summed E-state index contributed by atoms with van der Waals surface area (Å²) in [6.45, 7) is 6.27. The number of aryl methyl sites for hydroxylation is 1. The zero-order valence-electron chi connectivity index (χ0n) is 11.8. The lowest BCUT2D eigenvalue weighted by Gasteiger charge is -2.38. The molecule has 0 saturated carbocycles. The van der Waals surface area contributed by atoms with Gasteiger partial charge in [-0.2, -0.15) is 0 Å². The topological polar surface area (TPSA) is 29.3 Å². The Bertz CT molecular complexity index is 385. The van der Waals surface area contributed by atoms with Gasteiger partial charge in [0.05, 0.1) is 0 Å². The van der Waals surface area contributed by atoms with Gasteiger partial charge in [0.25, 0.3) is 0 Å². The van der Waals surface area contributed by atoms with Crippen molar-refractivity contribution in [3.8, 4) is 0 Å². The first-order valence-corrected chi connectivity index (χ1v) is 7.32. The average Bonchev–Trinajstić information content (AvgIpc) is 2.40. The number of nitrogens with two attached hydrogens (primary N) is 1. The van der Waals surface area contributed by atoms with E-state index in [1.807, 2.05) is 0 Å². The van der Waals surface area contributed by atoms with Crippen molar-refractivity contribution in [2.24, 2.45) is 5.73 Å². The molecular formula is C16H26N2. The maximum absolute atomic E-state index is 5.92. The van der Waals surface area contributed by atoms with Crippen LogP contribution in [0.1, 0.15) is 50.2 Å². The van der Waals surface area contributed by atoms with Gasteiger partial charge in [0, 0.05) is 24.8 Å². The summed E-state index contributed by atoms with van der Waals surface area (Å²) in [4.78, 5) is 2.61. The van der Waals surface area contributed by atoms with Crippen LogP contribution in [0.25, 0.3) is 0 Å². The second-order valence-electron chi connectivity index (χ2n) is 5.47. The fourth-order valence-corrected chi connectivity index (χ4v) is 3.11. The summed E-state index contributed by atoms with van der Waals surface area (Å²) in [7, 11) is 0. The Kier molecular flexibility index (Phi) is 4.65. The molecule has 0 bridgehead atoms. The highest BCUT2D eigenvalue weighted by Gasteiger charge is 2.23. The van der Waals surface area contributed by atoms with Crippen molar-refractivity contribution in [2.75, 3.05) is 11.4 Å². The van der Waals surface area contributed by atoms with Crippen LogP contribution in [0.5, 0.6) is 0 Å². The first-order valence-electron chi connectivity index (χ1n) is 7.32. The molecule has 2 N–H and O–H groups in total. The van der Waals surface area contributed by atoms with Gasteiger partial charge in [0.1, 0.15) is 0 Å². The molecule has 2 nitrogen and oxygen atoms in total. The Morgan fingerprint density at radius 3 is 2.89 bits per heavy atom. The van der Waals surface area contributed by atoms with Crippen molar-refractivity contribution in [3.05, 3.63) is 29.3 Å². The minimum Gasteiger partial charge on any atom is -0.368 e. The van der Waals surface area contributed by atoms with E-state index in [1.54, 1.807) is 0 Å². The van der Waals surface area contributed by atoms with Crippen molar-refractivity contribution in [1.29, 1.82) is 0 Å². The molecule has 0 aliphatic carbocycles. The molecule has 2 rings (SSSR count). The van der Waals surface area contributed by atoms with E-state index in [0.29, 0.717) is 6.54 Å². The number of anilines is 1. The molecule has 1 aromatic rings. The monoisotopic (exact) mass is 246 g/mol. The average molecular weight is 246 g/mol. The Morgan fingerprint density at radius 2 is 2.17 bits per heavy atom. The summed E-state index contributed by atoms with van der Waals surface area (Å²) in [5, 5.41) is 0. The normalized spacial score (nSPS) is 20.2. The Balaban J connectivity index is 2.27. The SMILES string of the molecule is CCCC1CCCCN1c1ccc(C)cc1CN. The van der Waals surface area contributed by atoms with Crippen LogP contribution in [0.2, 0.25) is 0 Å². The van der Waals surface area contributed by atoms with Gasteiger partial charge >= 0.3 is 0 Å². The molecule has 1 unspecified atom stereocenters. The first-order chi connectivity index (χ1) is 8.76. The molecule has 0 spiro atoms. The second-order valence-corrected chi connectivity index (χ2v) is 5.47. The fraction of sp³-hybridized carbons (Fsp3) is 0.625. The van der Waals surface area contributed by atoms with Crippen LogP contribution in [-0.2, 0) is 6.54 Å². The molecule has 1 atom stereocenters. The zero-order valence-corrected chi connectivity index (χ0v) is 11.8. The molecule has 2 heteroatoms. The standard InChI is InChI=1S/C16H26N2/c1-3-6-15-7-4-5-10-18(15)16-9-8-13(2)11-14(16)12-17/h8-9,11,15H,3-7,10,12,17H2,1-2H3. The largest absolute Gasteiger partial charge is 0.368 e. The van der Waals surface area contributed by atoms with Crippen molar-refractivity contribution < 1.29 is 0 Å². The first kappa shape index (κ1) is 13.4. The highest BCUT2D eigenvalue weighted by molar-refractivity contribution is 5.56. The smallest absolute Gasteiger partial charge is 0.0414 e. The van der Waals surface area contributed by atoms with Crippen LogP contribution >= 0.6 is 0 Å². The maximum atomic E-state index is 5.92. The molecule has 1 aliphatic rings. The summed E-state index contributed by atoms with van der Waals surface area (Å²) in [5.41, 5.74) is 9.91. The summed E-state index contributed by atoms with van der Waals surface area (Å²) >= 11 is 0. The number of rotatable bonds is 4. The van der Waals surface area contributed by atoms with E-state index in [-0.39, 0.29) is 0 Å². The van der Waals surface area contributed by atoms with E-state index in [1.165, 1.54) is 55.5 Å². The number of nitrogens with zero attached hydrogens (tertiary/aromatic N) is 1. The molecule has 0 aromatic heterocycles. The molecule has 1 fully saturated rings. The molecular weight excluding hydrogens is 220 g/mol. The Labute approximate surface area is 111 Å². The molecule has 0 radical (unpaired) electrons. The van der Waals surface area contributed by atoms with E-state index < -0.39 is 0 Å². The third-order valence-electron chi connectivity index (χ3n) is 4.01. The van der Waals surface area contributed by atoms with Crippen molar-refractivity contribution >= 4 is 5.69 Å². The van der Waals surface area contributed by atoms with Gasteiger partial charge in [-0.05, 0) is 44.2 Å². The van der Waals surface area contributed by atoms with Crippen molar-refractivity contribution in [2.45, 2.75) is 58.5 Å².